The Bertz CT molecular complexity index is 663. The predicted octanol–water partition coefficient (Wildman–Crippen LogP) is 2.34. The van der Waals surface area contributed by atoms with Crippen LogP contribution < -0.4 is 4.74 Å². The number of aromatic nitrogens is 1. The van der Waals surface area contributed by atoms with Crippen molar-refractivity contribution in [1.82, 2.24) is 9.88 Å². The fourth-order valence-corrected chi connectivity index (χ4v) is 3.34. The lowest BCUT2D eigenvalue weighted by molar-refractivity contribution is 0.107. The van der Waals surface area contributed by atoms with Crippen LogP contribution in [0.2, 0.25) is 0 Å². The van der Waals surface area contributed by atoms with E-state index in [9.17, 15) is 5.11 Å². The van der Waals surface area contributed by atoms with E-state index in [0.717, 1.165) is 42.0 Å². The molecule has 2 atom stereocenters. The Balaban J connectivity index is 1.86. The number of ether oxygens (including phenoxy) is 2. The van der Waals surface area contributed by atoms with Crippen LogP contribution in [0.3, 0.4) is 0 Å². The van der Waals surface area contributed by atoms with Gasteiger partial charge in [-0.3, -0.25) is 9.88 Å². The molecule has 0 spiro atoms. The number of nitrogens with zero attached hydrogens (tertiary/aromatic N) is 2. The van der Waals surface area contributed by atoms with Gasteiger partial charge in [-0.2, -0.15) is 0 Å². The summed E-state index contributed by atoms with van der Waals surface area (Å²) in [5.74, 6) is 0.866. The number of aliphatic hydroxyl groups excluding tert-OH is 1. The molecule has 1 fully saturated rings. The quantitative estimate of drug-likeness (QED) is 0.882. The molecule has 0 saturated carbocycles. The third-order valence-corrected chi connectivity index (χ3v) is 4.70. The summed E-state index contributed by atoms with van der Waals surface area (Å²) >= 11 is 0. The largest absolute Gasteiger partial charge is 0.496 e. The molecular formula is C19H24N2O3. The van der Waals surface area contributed by atoms with Crippen LogP contribution in [0.25, 0.3) is 11.1 Å². The number of pyridine rings is 1. The van der Waals surface area contributed by atoms with Crippen molar-refractivity contribution >= 4 is 0 Å². The molecule has 1 aliphatic rings. The minimum absolute atomic E-state index is 0.129. The molecule has 0 amide bonds. The van der Waals surface area contributed by atoms with E-state index in [1.807, 2.05) is 18.2 Å². The highest BCUT2D eigenvalue weighted by atomic mass is 16.5. The lowest BCUT2D eigenvalue weighted by atomic mass is 10.0. The Hall–Kier alpha value is -1.95. The number of rotatable bonds is 6. The molecule has 1 saturated heterocycles. The number of methoxy groups -OCH3 is 2. The van der Waals surface area contributed by atoms with Crippen molar-refractivity contribution in [3.8, 4) is 16.9 Å². The Labute approximate surface area is 142 Å². The second-order valence-corrected chi connectivity index (χ2v) is 6.12. The minimum Gasteiger partial charge on any atom is -0.496 e. The standard InChI is InChI=1S/C19H24N2O3/c1-23-18-10-17(13-22)21(12-18)11-16-9-15(3-4-19(16)24-2)14-5-7-20-8-6-14/h3-9,17-18,22H,10-13H2,1-2H3/t17-,18-/m0/s1. The fraction of sp³-hybridized carbons (Fsp3) is 0.421. The molecule has 1 aromatic heterocycles. The number of aliphatic hydroxyl groups is 1. The monoisotopic (exact) mass is 328 g/mol. The predicted molar refractivity (Wildman–Crippen MR) is 92.9 cm³/mol. The molecule has 2 aromatic rings. The van der Waals surface area contributed by atoms with Crippen LogP contribution in [-0.2, 0) is 11.3 Å². The normalized spacial score (nSPS) is 21.1. The van der Waals surface area contributed by atoms with Crippen molar-refractivity contribution in [2.45, 2.75) is 25.1 Å². The summed E-state index contributed by atoms with van der Waals surface area (Å²) in [6.07, 6.45) is 4.63. The average molecular weight is 328 g/mol. The van der Waals surface area contributed by atoms with Crippen LogP contribution >= 0.6 is 0 Å². The summed E-state index contributed by atoms with van der Waals surface area (Å²) in [5, 5.41) is 9.65. The smallest absolute Gasteiger partial charge is 0.123 e. The van der Waals surface area contributed by atoms with Crippen molar-refractivity contribution < 1.29 is 14.6 Å². The van der Waals surface area contributed by atoms with Crippen molar-refractivity contribution in [1.29, 1.82) is 0 Å². The van der Waals surface area contributed by atoms with E-state index in [1.165, 1.54) is 0 Å². The number of benzene rings is 1. The molecule has 0 aliphatic carbocycles. The van der Waals surface area contributed by atoms with E-state index in [2.05, 4.69) is 22.0 Å². The van der Waals surface area contributed by atoms with Crippen LogP contribution in [0.15, 0.2) is 42.7 Å². The van der Waals surface area contributed by atoms with Gasteiger partial charge < -0.3 is 14.6 Å². The highest BCUT2D eigenvalue weighted by molar-refractivity contribution is 5.65. The third-order valence-electron chi connectivity index (χ3n) is 4.70. The van der Waals surface area contributed by atoms with Gasteiger partial charge in [0.05, 0.1) is 19.8 Å². The lowest BCUT2D eigenvalue weighted by Crippen LogP contribution is -2.32. The highest BCUT2D eigenvalue weighted by Gasteiger charge is 2.32. The summed E-state index contributed by atoms with van der Waals surface area (Å²) < 4.78 is 11.0. The van der Waals surface area contributed by atoms with Crippen molar-refractivity contribution in [2.75, 3.05) is 27.4 Å². The summed E-state index contributed by atoms with van der Waals surface area (Å²) in [6, 6.07) is 10.3. The summed E-state index contributed by atoms with van der Waals surface area (Å²) in [4.78, 5) is 6.34. The molecule has 5 heteroatoms. The third kappa shape index (κ3) is 3.59. The zero-order valence-electron chi connectivity index (χ0n) is 14.2. The second kappa shape index (κ2) is 7.75. The van der Waals surface area contributed by atoms with Crippen LogP contribution in [0.5, 0.6) is 5.75 Å². The van der Waals surface area contributed by atoms with Crippen molar-refractivity contribution in [3.05, 3.63) is 48.3 Å². The van der Waals surface area contributed by atoms with Crippen molar-refractivity contribution in [3.63, 3.8) is 0 Å². The van der Waals surface area contributed by atoms with Crippen LogP contribution in [0.1, 0.15) is 12.0 Å². The first-order chi connectivity index (χ1) is 11.7. The van der Waals surface area contributed by atoms with Crippen LogP contribution in [0, 0.1) is 0 Å². The SMILES string of the molecule is COc1ccc(-c2ccncc2)cc1CN1C[C@@H](OC)C[C@H]1CO. The lowest BCUT2D eigenvalue weighted by Gasteiger charge is -2.23. The molecule has 0 unspecified atom stereocenters. The molecule has 1 N–H and O–H groups in total. The van der Waals surface area contributed by atoms with Gasteiger partial charge in [-0.25, -0.2) is 0 Å². The summed E-state index contributed by atoms with van der Waals surface area (Å²) in [7, 11) is 3.42. The zero-order valence-corrected chi connectivity index (χ0v) is 14.2. The van der Waals surface area contributed by atoms with E-state index < -0.39 is 0 Å². The molecular weight excluding hydrogens is 304 g/mol. The van der Waals surface area contributed by atoms with Gasteiger partial charge in [0.1, 0.15) is 5.75 Å². The highest BCUT2D eigenvalue weighted by Crippen LogP contribution is 2.30. The molecule has 24 heavy (non-hydrogen) atoms. The molecule has 2 heterocycles. The number of hydrogen-bond acceptors (Lipinski definition) is 5. The average Bonchev–Trinajstić information content (AvgIpc) is 3.04. The molecule has 1 aromatic carbocycles. The van der Waals surface area contributed by atoms with E-state index >= 15 is 0 Å². The second-order valence-electron chi connectivity index (χ2n) is 6.12. The van der Waals surface area contributed by atoms with Gasteiger partial charge in [0, 0.05) is 44.2 Å². The van der Waals surface area contributed by atoms with Crippen molar-refractivity contribution in [2.24, 2.45) is 0 Å². The van der Waals surface area contributed by atoms with Gasteiger partial charge in [0.2, 0.25) is 0 Å². The maximum Gasteiger partial charge on any atom is 0.123 e. The Morgan fingerprint density at radius 2 is 1.96 bits per heavy atom. The van der Waals surface area contributed by atoms with Gasteiger partial charge in [-0.05, 0) is 41.8 Å². The first kappa shape index (κ1) is 16.9. The number of hydrogen-bond donors (Lipinski definition) is 1. The minimum atomic E-state index is 0.129. The topological polar surface area (TPSA) is 54.8 Å². The van der Waals surface area contributed by atoms with Crippen LogP contribution in [-0.4, -0.2) is 54.5 Å². The zero-order chi connectivity index (χ0) is 16.9. The molecule has 1 aliphatic heterocycles. The van der Waals surface area contributed by atoms with Crippen LogP contribution in [0.4, 0.5) is 0 Å². The van der Waals surface area contributed by atoms with E-state index in [1.54, 1.807) is 26.6 Å². The van der Waals surface area contributed by atoms with Gasteiger partial charge in [-0.15, -0.1) is 0 Å². The molecule has 3 rings (SSSR count). The Morgan fingerprint density at radius 3 is 2.62 bits per heavy atom. The first-order valence-electron chi connectivity index (χ1n) is 8.20. The van der Waals surface area contributed by atoms with Gasteiger partial charge >= 0.3 is 0 Å². The van der Waals surface area contributed by atoms with Gasteiger partial charge in [0.25, 0.3) is 0 Å². The molecule has 0 radical (unpaired) electrons. The molecule has 128 valence electrons. The van der Waals surface area contributed by atoms with E-state index in [4.69, 9.17) is 9.47 Å². The molecule has 5 nitrogen and oxygen atoms in total. The Morgan fingerprint density at radius 1 is 1.17 bits per heavy atom. The van der Waals surface area contributed by atoms with E-state index in [-0.39, 0.29) is 18.8 Å². The molecule has 0 bridgehead atoms. The Kier molecular flexibility index (Phi) is 5.45. The van der Waals surface area contributed by atoms with E-state index in [0.29, 0.717) is 0 Å². The maximum atomic E-state index is 9.65. The fourth-order valence-electron chi connectivity index (χ4n) is 3.34. The first-order valence-corrected chi connectivity index (χ1v) is 8.20. The number of likely N-dealkylation sites (tertiary alicyclic amines) is 1. The van der Waals surface area contributed by atoms with Gasteiger partial charge in [-0.1, -0.05) is 6.07 Å². The maximum absolute atomic E-state index is 9.65. The summed E-state index contributed by atoms with van der Waals surface area (Å²) in [5.41, 5.74) is 3.38. The summed E-state index contributed by atoms with van der Waals surface area (Å²) in [6.45, 7) is 1.70. The van der Waals surface area contributed by atoms with Gasteiger partial charge in [0.15, 0.2) is 0 Å².